The number of ether oxygens (including phenoxy) is 1. The Kier molecular flexibility index (Phi) is 2.54. The molecule has 0 unspecified atom stereocenters. The molecule has 1 aliphatic rings. The number of carbonyl (C=O) groups excluding carboxylic acids is 2. The Bertz CT molecular complexity index is 450. The molecule has 0 heterocycles. The van der Waals surface area contributed by atoms with E-state index in [9.17, 15) is 9.59 Å². The third kappa shape index (κ3) is 1.28. The maximum absolute atomic E-state index is 11.7. The summed E-state index contributed by atoms with van der Waals surface area (Å²) in [7, 11) is 1.56. The van der Waals surface area contributed by atoms with E-state index in [2.05, 4.69) is 0 Å². The van der Waals surface area contributed by atoms with Gasteiger partial charge in [-0.1, -0.05) is 12.1 Å². The summed E-state index contributed by atoms with van der Waals surface area (Å²) in [6.45, 7) is 1.47. The summed E-state index contributed by atoms with van der Waals surface area (Å²) in [5.74, 6) is 0.531. The number of ketones is 1. The van der Waals surface area contributed by atoms with Crippen LogP contribution in [0.5, 0.6) is 5.75 Å². The van der Waals surface area contributed by atoms with E-state index >= 15 is 0 Å². The highest BCUT2D eigenvalue weighted by molar-refractivity contribution is 6.04. The Morgan fingerprint density at radius 1 is 1.50 bits per heavy atom. The third-order valence-corrected chi connectivity index (χ3v) is 3.40. The SMILES string of the molecule is COc1cccc2c1[C@@](C=O)(C(C)=O)CC2. The maximum Gasteiger partial charge on any atom is 0.147 e. The van der Waals surface area contributed by atoms with Gasteiger partial charge in [0.15, 0.2) is 0 Å². The molecule has 0 saturated carbocycles. The van der Waals surface area contributed by atoms with Crippen molar-refractivity contribution in [2.75, 3.05) is 7.11 Å². The van der Waals surface area contributed by atoms with Crippen LogP contribution in [0.4, 0.5) is 0 Å². The first-order valence-electron chi connectivity index (χ1n) is 5.29. The van der Waals surface area contributed by atoms with Crippen molar-refractivity contribution in [1.82, 2.24) is 0 Å². The summed E-state index contributed by atoms with van der Waals surface area (Å²) >= 11 is 0. The van der Waals surface area contributed by atoms with E-state index in [0.29, 0.717) is 12.2 Å². The molecule has 84 valence electrons. The number of methoxy groups -OCH3 is 1. The zero-order valence-electron chi connectivity index (χ0n) is 9.45. The van der Waals surface area contributed by atoms with Crippen LogP contribution in [0.1, 0.15) is 24.5 Å². The van der Waals surface area contributed by atoms with Crippen LogP contribution in [-0.4, -0.2) is 19.2 Å². The number of fused-ring (bicyclic) bond motifs is 1. The first kappa shape index (κ1) is 10.9. The first-order chi connectivity index (χ1) is 7.65. The van der Waals surface area contributed by atoms with Crippen molar-refractivity contribution in [3.05, 3.63) is 29.3 Å². The van der Waals surface area contributed by atoms with Gasteiger partial charge < -0.3 is 9.53 Å². The lowest BCUT2D eigenvalue weighted by molar-refractivity contribution is -0.128. The standard InChI is InChI=1S/C13H14O3/c1-9(15)13(8-14)7-6-10-4-3-5-11(16-2)12(10)13/h3-5,8H,6-7H2,1-2H3/t13-/m0/s1. The van der Waals surface area contributed by atoms with Crippen molar-refractivity contribution in [1.29, 1.82) is 0 Å². The van der Waals surface area contributed by atoms with Crippen LogP contribution in [0.3, 0.4) is 0 Å². The van der Waals surface area contributed by atoms with Gasteiger partial charge in [0.05, 0.1) is 7.11 Å². The Balaban J connectivity index is 2.68. The largest absolute Gasteiger partial charge is 0.496 e. The van der Waals surface area contributed by atoms with Crippen molar-refractivity contribution in [3.8, 4) is 5.75 Å². The van der Waals surface area contributed by atoms with Crippen LogP contribution in [0.25, 0.3) is 0 Å². The maximum atomic E-state index is 11.7. The second-order valence-electron chi connectivity index (χ2n) is 4.14. The highest BCUT2D eigenvalue weighted by atomic mass is 16.5. The minimum atomic E-state index is -0.984. The number of benzene rings is 1. The number of rotatable bonds is 3. The van der Waals surface area contributed by atoms with Gasteiger partial charge in [-0.2, -0.15) is 0 Å². The summed E-state index contributed by atoms with van der Waals surface area (Å²) in [5, 5.41) is 0. The molecule has 1 aromatic carbocycles. The average molecular weight is 218 g/mol. The molecular formula is C13H14O3. The van der Waals surface area contributed by atoms with Gasteiger partial charge in [-0.15, -0.1) is 0 Å². The molecule has 1 atom stereocenters. The van der Waals surface area contributed by atoms with Gasteiger partial charge in [0, 0.05) is 5.56 Å². The van der Waals surface area contributed by atoms with Crippen LogP contribution in [0.15, 0.2) is 18.2 Å². The molecular weight excluding hydrogens is 204 g/mol. The second kappa shape index (κ2) is 3.74. The summed E-state index contributed by atoms with van der Waals surface area (Å²) in [6, 6.07) is 5.63. The number of carbonyl (C=O) groups is 2. The van der Waals surface area contributed by atoms with Crippen LogP contribution in [-0.2, 0) is 21.4 Å². The number of hydrogen-bond acceptors (Lipinski definition) is 3. The van der Waals surface area contributed by atoms with E-state index < -0.39 is 5.41 Å². The van der Waals surface area contributed by atoms with E-state index in [1.54, 1.807) is 13.2 Å². The topological polar surface area (TPSA) is 43.4 Å². The average Bonchev–Trinajstić information content (AvgIpc) is 2.68. The summed E-state index contributed by atoms with van der Waals surface area (Å²) in [6.07, 6.45) is 2.08. The smallest absolute Gasteiger partial charge is 0.147 e. The molecule has 0 amide bonds. The fraction of sp³-hybridized carbons (Fsp3) is 0.385. The van der Waals surface area contributed by atoms with Crippen LogP contribution < -0.4 is 4.74 Å². The molecule has 0 spiro atoms. The predicted octanol–water partition coefficient (Wildman–Crippen LogP) is 1.67. The third-order valence-electron chi connectivity index (χ3n) is 3.40. The quantitative estimate of drug-likeness (QED) is 0.572. The fourth-order valence-corrected chi connectivity index (χ4v) is 2.47. The molecule has 0 saturated heterocycles. The van der Waals surface area contributed by atoms with Crippen molar-refractivity contribution < 1.29 is 14.3 Å². The Labute approximate surface area is 94.4 Å². The molecule has 0 fully saturated rings. The normalized spacial score (nSPS) is 22.6. The molecule has 1 aliphatic carbocycles. The molecule has 16 heavy (non-hydrogen) atoms. The van der Waals surface area contributed by atoms with E-state index in [1.165, 1.54) is 6.92 Å². The van der Waals surface area contributed by atoms with Gasteiger partial charge >= 0.3 is 0 Å². The number of aldehydes is 1. The molecule has 0 aromatic heterocycles. The van der Waals surface area contributed by atoms with Crippen molar-refractivity contribution >= 4 is 12.1 Å². The van der Waals surface area contributed by atoms with E-state index in [4.69, 9.17) is 4.74 Å². The molecule has 0 bridgehead atoms. The van der Waals surface area contributed by atoms with Crippen LogP contribution in [0.2, 0.25) is 0 Å². The minimum absolute atomic E-state index is 0.106. The van der Waals surface area contributed by atoms with Gasteiger partial charge in [-0.3, -0.25) is 4.79 Å². The van der Waals surface area contributed by atoms with Gasteiger partial charge in [0.1, 0.15) is 23.2 Å². The van der Waals surface area contributed by atoms with Gasteiger partial charge in [0.25, 0.3) is 0 Å². The lowest BCUT2D eigenvalue weighted by Crippen LogP contribution is -2.33. The number of aryl methyl sites for hydroxylation is 1. The zero-order valence-corrected chi connectivity index (χ0v) is 9.45. The first-order valence-corrected chi connectivity index (χ1v) is 5.29. The van der Waals surface area contributed by atoms with E-state index in [0.717, 1.165) is 23.8 Å². The molecule has 0 radical (unpaired) electrons. The Morgan fingerprint density at radius 2 is 2.25 bits per heavy atom. The van der Waals surface area contributed by atoms with Gasteiger partial charge in [0.2, 0.25) is 0 Å². The number of hydrogen-bond donors (Lipinski definition) is 0. The highest BCUT2D eigenvalue weighted by Gasteiger charge is 2.45. The zero-order chi connectivity index (χ0) is 11.8. The van der Waals surface area contributed by atoms with Crippen LogP contribution in [0, 0.1) is 0 Å². The van der Waals surface area contributed by atoms with Gasteiger partial charge in [-0.05, 0) is 31.4 Å². The summed E-state index contributed by atoms with van der Waals surface area (Å²) in [5.41, 5.74) is 0.823. The predicted molar refractivity (Wildman–Crippen MR) is 59.7 cm³/mol. The molecule has 3 heteroatoms. The Hall–Kier alpha value is -1.64. The van der Waals surface area contributed by atoms with Crippen molar-refractivity contribution in [3.63, 3.8) is 0 Å². The fourth-order valence-electron chi connectivity index (χ4n) is 2.47. The molecule has 3 nitrogen and oxygen atoms in total. The number of Topliss-reactive ketones (excluding diaryl/α,β-unsaturated/α-hetero) is 1. The molecule has 0 N–H and O–H groups in total. The minimum Gasteiger partial charge on any atom is -0.496 e. The molecule has 1 aromatic rings. The van der Waals surface area contributed by atoms with Gasteiger partial charge in [-0.25, -0.2) is 0 Å². The van der Waals surface area contributed by atoms with E-state index in [-0.39, 0.29) is 5.78 Å². The second-order valence-corrected chi connectivity index (χ2v) is 4.14. The summed E-state index contributed by atoms with van der Waals surface area (Å²) < 4.78 is 5.25. The highest BCUT2D eigenvalue weighted by Crippen LogP contribution is 2.43. The molecule has 0 aliphatic heterocycles. The van der Waals surface area contributed by atoms with Crippen molar-refractivity contribution in [2.45, 2.75) is 25.2 Å². The lowest BCUT2D eigenvalue weighted by Gasteiger charge is -2.22. The molecule has 2 rings (SSSR count). The lowest BCUT2D eigenvalue weighted by atomic mass is 9.79. The van der Waals surface area contributed by atoms with E-state index in [1.807, 2.05) is 12.1 Å². The van der Waals surface area contributed by atoms with Crippen molar-refractivity contribution in [2.24, 2.45) is 0 Å². The monoisotopic (exact) mass is 218 g/mol. The van der Waals surface area contributed by atoms with Crippen LogP contribution >= 0.6 is 0 Å². The summed E-state index contributed by atoms with van der Waals surface area (Å²) in [4.78, 5) is 23.1. The Morgan fingerprint density at radius 3 is 2.81 bits per heavy atom.